The van der Waals surface area contributed by atoms with E-state index in [2.05, 4.69) is 38.9 Å². The molecule has 3 atom stereocenters. The molecule has 4 fully saturated rings. The van der Waals surface area contributed by atoms with Crippen molar-refractivity contribution in [1.82, 2.24) is 25.1 Å². The molecule has 11 nitrogen and oxygen atoms in total. The van der Waals surface area contributed by atoms with Gasteiger partial charge in [-0.05, 0) is 106 Å². The number of aliphatic hydroxyl groups excluding tert-OH is 1. The van der Waals surface area contributed by atoms with Crippen molar-refractivity contribution in [3.8, 4) is 11.5 Å². The Hall–Kier alpha value is -4.06. The van der Waals surface area contributed by atoms with Crippen molar-refractivity contribution in [2.45, 2.75) is 89.8 Å². The van der Waals surface area contributed by atoms with E-state index in [0.717, 1.165) is 98.5 Å². The number of likely N-dealkylation sites (tertiary alicyclic amines) is 2. The lowest BCUT2D eigenvalue weighted by molar-refractivity contribution is 0.0115. The van der Waals surface area contributed by atoms with Crippen molar-refractivity contribution in [2.75, 3.05) is 45.9 Å². The number of carbonyl (C=O) groups is 2. The normalized spacial score (nSPS) is 22.4. The molecule has 5 N–H and O–H groups in total. The largest absolute Gasteiger partial charge is 0.493 e. The highest BCUT2D eigenvalue weighted by Gasteiger charge is 2.29. The molecule has 2 aromatic heterocycles. The standard InChI is InChI=1S/C28H42N4O3.C14H15NO3/c1-19-16-32(14-11-26(19)33)20(2)17-31-12-9-22(10-13-31)29-28(34)25-15-23-24(30-25)7-4-8-27(23)35-18-21-5-3-6-21;16-14(17)12-7-10-11(15-12)5-2-6-13(10)18-8-9-3-1-4-9/h4,7-8,15,19-22,26,30,33H,3,5-6,9-14,16-18H2,1-2H3,(H,29,34);2,5-7,9,15H,1,3-4,8H2,(H,16,17)/t19-,20+,26-;/m1./s1. The molecule has 1 amide bonds. The van der Waals surface area contributed by atoms with Crippen LogP contribution in [0, 0.1) is 17.8 Å². The van der Waals surface area contributed by atoms with Crippen molar-refractivity contribution in [3.05, 3.63) is 59.9 Å². The molecule has 2 aliphatic heterocycles. The lowest BCUT2D eigenvalue weighted by Gasteiger charge is -2.41. The second-order valence-corrected chi connectivity index (χ2v) is 16.0. The average molecular weight is 728 g/mol. The lowest BCUT2D eigenvalue weighted by atomic mass is 9.86. The number of hydrogen-bond donors (Lipinski definition) is 5. The topological polar surface area (TPSA) is 143 Å². The van der Waals surface area contributed by atoms with Crippen molar-refractivity contribution in [2.24, 2.45) is 17.8 Å². The predicted molar refractivity (Wildman–Crippen MR) is 207 cm³/mol. The number of amides is 1. The summed E-state index contributed by atoms with van der Waals surface area (Å²) in [6, 6.07) is 15.9. The first-order valence-electron chi connectivity index (χ1n) is 19.9. The smallest absolute Gasteiger partial charge is 0.352 e. The number of aromatic nitrogens is 2. The van der Waals surface area contributed by atoms with Crippen LogP contribution in [0.15, 0.2) is 48.5 Å². The first kappa shape index (κ1) is 37.3. The van der Waals surface area contributed by atoms with Crippen LogP contribution in [0.3, 0.4) is 0 Å². The molecule has 0 radical (unpaired) electrons. The van der Waals surface area contributed by atoms with Crippen LogP contribution in [0.4, 0.5) is 0 Å². The summed E-state index contributed by atoms with van der Waals surface area (Å²) in [5.74, 6) is 2.35. The Morgan fingerprint density at radius 2 is 1.40 bits per heavy atom. The summed E-state index contributed by atoms with van der Waals surface area (Å²) in [6.07, 6.45) is 10.3. The number of aliphatic hydroxyl groups is 1. The number of fused-ring (bicyclic) bond motifs is 2. The van der Waals surface area contributed by atoms with Gasteiger partial charge in [0.15, 0.2) is 0 Å². The second-order valence-electron chi connectivity index (χ2n) is 16.0. The molecule has 2 aromatic carbocycles. The Morgan fingerprint density at radius 3 is 1.92 bits per heavy atom. The van der Waals surface area contributed by atoms with Crippen LogP contribution in [0.2, 0.25) is 0 Å². The van der Waals surface area contributed by atoms with Crippen LogP contribution in [-0.2, 0) is 0 Å². The molecule has 8 rings (SSSR count). The maximum atomic E-state index is 13.0. The number of aromatic carboxylic acids is 1. The van der Waals surface area contributed by atoms with Gasteiger partial charge in [-0.3, -0.25) is 9.69 Å². The van der Waals surface area contributed by atoms with Gasteiger partial charge >= 0.3 is 5.97 Å². The second kappa shape index (κ2) is 17.0. The summed E-state index contributed by atoms with van der Waals surface area (Å²) in [6.45, 7) is 11.0. The molecule has 11 heteroatoms. The number of carboxylic acids is 1. The van der Waals surface area contributed by atoms with E-state index in [9.17, 15) is 14.7 Å². The van der Waals surface area contributed by atoms with E-state index in [1.165, 1.54) is 38.5 Å². The van der Waals surface area contributed by atoms with Gasteiger partial charge in [-0.1, -0.05) is 31.9 Å². The summed E-state index contributed by atoms with van der Waals surface area (Å²) < 4.78 is 11.9. The fraction of sp³-hybridized carbons (Fsp3) is 0.571. The molecule has 53 heavy (non-hydrogen) atoms. The molecule has 2 saturated carbocycles. The van der Waals surface area contributed by atoms with E-state index in [4.69, 9.17) is 14.6 Å². The van der Waals surface area contributed by atoms with Crippen LogP contribution in [-0.4, -0.2) is 106 Å². The summed E-state index contributed by atoms with van der Waals surface area (Å²) in [4.78, 5) is 35.2. The first-order chi connectivity index (χ1) is 25.7. The Kier molecular flexibility index (Phi) is 11.9. The highest BCUT2D eigenvalue weighted by Crippen LogP contribution is 2.32. The van der Waals surface area contributed by atoms with Crippen LogP contribution in [0.5, 0.6) is 11.5 Å². The molecule has 286 valence electrons. The van der Waals surface area contributed by atoms with Crippen LogP contribution >= 0.6 is 0 Å². The number of aromatic amines is 2. The van der Waals surface area contributed by atoms with Gasteiger partial charge in [0.05, 0.1) is 19.3 Å². The molecule has 0 spiro atoms. The van der Waals surface area contributed by atoms with Crippen molar-refractivity contribution in [3.63, 3.8) is 0 Å². The number of nitrogens with zero attached hydrogens (tertiary/aromatic N) is 2. The minimum atomic E-state index is -0.948. The van der Waals surface area contributed by atoms with Gasteiger partial charge in [0.2, 0.25) is 0 Å². The highest BCUT2D eigenvalue weighted by molar-refractivity contribution is 6.00. The predicted octanol–water partition coefficient (Wildman–Crippen LogP) is 6.68. The van der Waals surface area contributed by atoms with Crippen LogP contribution in [0.1, 0.15) is 92.6 Å². The molecule has 0 bridgehead atoms. The van der Waals surface area contributed by atoms with Crippen molar-refractivity contribution in [1.29, 1.82) is 0 Å². The zero-order valence-electron chi connectivity index (χ0n) is 31.3. The monoisotopic (exact) mass is 727 g/mol. The maximum absolute atomic E-state index is 13.0. The number of H-pyrrole nitrogens is 2. The Labute approximate surface area is 312 Å². The van der Waals surface area contributed by atoms with Gasteiger partial charge in [-0.2, -0.15) is 0 Å². The zero-order chi connectivity index (χ0) is 36.9. The van der Waals surface area contributed by atoms with E-state index in [0.29, 0.717) is 29.5 Å². The van der Waals surface area contributed by atoms with Gasteiger partial charge in [-0.25, -0.2) is 4.79 Å². The van der Waals surface area contributed by atoms with Crippen LogP contribution in [0.25, 0.3) is 21.8 Å². The third-order valence-corrected chi connectivity index (χ3v) is 12.1. The molecule has 2 aliphatic carbocycles. The Bertz CT molecular complexity index is 1840. The minimum absolute atomic E-state index is 0.0289. The lowest BCUT2D eigenvalue weighted by Crippen LogP contribution is -2.52. The molecular formula is C42H57N5O6. The van der Waals surface area contributed by atoms with Gasteiger partial charge in [0.1, 0.15) is 22.9 Å². The number of ether oxygens (including phenoxy) is 2. The number of hydrogen-bond acceptors (Lipinski definition) is 7. The molecule has 4 aliphatic rings. The molecule has 2 saturated heterocycles. The van der Waals surface area contributed by atoms with E-state index in [1.807, 2.05) is 42.5 Å². The molecule has 4 heterocycles. The number of carbonyl (C=O) groups excluding carboxylic acids is 1. The van der Waals surface area contributed by atoms with E-state index in [1.54, 1.807) is 6.07 Å². The molecule has 0 unspecified atom stereocenters. The highest BCUT2D eigenvalue weighted by atomic mass is 16.5. The molecule has 4 aromatic rings. The van der Waals surface area contributed by atoms with Gasteiger partial charge in [0.25, 0.3) is 5.91 Å². The van der Waals surface area contributed by atoms with Crippen LogP contribution < -0.4 is 14.8 Å². The third kappa shape index (κ3) is 9.19. The van der Waals surface area contributed by atoms with Crippen molar-refractivity contribution >= 4 is 33.7 Å². The summed E-state index contributed by atoms with van der Waals surface area (Å²) in [5.41, 5.74) is 2.56. The Morgan fingerprint density at radius 1 is 0.830 bits per heavy atom. The fourth-order valence-corrected chi connectivity index (χ4v) is 8.06. The van der Waals surface area contributed by atoms with Gasteiger partial charge in [0, 0.05) is 66.6 Å². The number of rotatable bonds is 12. The maximum Gasteiger partial charge on any atom is 0.352 e. The Balaban J connectivity index is 0.000000202. The number of benzene rings is 2. The number of piperidine rings is 2. The SMILES string of the molecule is C[C@@H]1CN([C@@H](C)CN2CCC(NC(=O)c3cc4c(OCC5CCC5)cccc4[nH]3)CC2)CC[C@H]1O.O=C(O)c1cc2c(OCC3CCC3)cccc2[nH]1. The summed E-state index contributed by atoms with van der Waals surface area (Å²) in [5, 5.41) is 24.1. The third-order valence-electron chi connectivity index (χ3n) is 12.1. The number of carboxylic acid groups (broad SMARTS) is 1. The summed E-state index contributed by atoms with van der Waals surface area (Å²) in [7, 11) is 0. The minimum Gasteiger partial charge on any atom is -0.493 e. The average Bonchev–Trinajstić information content (AvgIpc) is 3.76. The van der Waals surface area contributed by atoms with Gasteiger partial charge in [-0.15, -0.1) is 0 Å². The first-order valence-corrected chi connectivity index (χ1v) is 19.9. The van der Waals surface area contributed by atoms with E-state index < -0.39 is 5.97 Å². The number of nitrogens with one attached hydrogen (secondary N) is 3. The fourth-order valence-electron chi connectivity index (χ4n) is 8.06. The van der Waals surface area contributed by atoms with Crippen molar-refractivity contribution < 1.29 is 29.3 Å². The molecular weight excluding hydrogens is 670 g/mol. The van der Waals surface area contributed by atoms with E-state index >= 15 is 0 Å². The quantitative estimate of drug-likeness (QED) is 0.109. The van der Waals surface area contributed by atoms with Gasteiger partial charge < -0.3 is 39.9 Å². The summed E-state index contributed by atoms with van der Waals surface area (Å²) >= 11 is 0. The van der Waals surface area contributed by atoms with E-state index in [-0.39, 0.29) is 23.7 Å². The zero-order valence-corrected chi connectivity index (χ0v) is 31.3.